The van der Waals surface area contributed by atoms with Gasteiger partial charge in [-0.2, -0.15) is 0 Å². The third kappa shape index (κ3) is 1.99. The lowest BCUT2D eigenvalue weighted by Crippen LogP contribution is -2.35. The third-order valence-electron chi connectivity index (χ3n) is 3.47. The number of aromatic nitrogens is 2. The Hall–Kier alpha value is -0.870. The number of halogens is 1. The number of rotatable bonds is 1. The number of nitrogens with one attached hydrogen (secondary N) is 1. The molecule has 86 valence electrons. The molecule has 0 unspecified atom stereocenters. The molecule has 2 bridgehead atoms. The van der Waals surface area contributed by atoms with E-state index in [0.29, 0.717) is 17.2 Å². The van der Waals surface area contributed by atoms with E-state index in [-0.39, 0.29) is 0 Å². The molecule has 0 amide bonds. The SMILES string of the molecule is Clc1ccc(N2CC[C@@H]3CC[C@H](C2)N3)nn1. The molecule has 2 aliphatic heterocycles. The van der Waals surface area contributed by atoms with Gasteiger partial charge in [0.15, 0.2) is 11.0 Å². The maximum atomic E-state index is 5.74. The molecule has 1 N–H and O–H groups in total. The van der Waals surface area contributed by atoms with E-state index in [2.05, 4.69) is 20.4 Å². The largest absolute Gasteiger partial charge is 0.354 e. The highest BCUT2D eigenvalue weighted by Crippen LogP contribution is 2.23. The Labute approximate surface area is 100.0 Å². The molecular formula is C11H15ClN4. The normalized spacial score (nSPS) is 29.2. The Morgan fingerprint density at radius 2 is 2.06 bits per heavy atom. The Balaban J connectivity index is 1.77. The van der Waals surface area contributed by atoms with Crippen molar-refractivity contribution >= 4 is 17.4 Å². The van der Waals surface area contributed by atoms with Gasteiger partial charge in [-0.25, -0.2) is 0 Å². The van der Waals surface area contributed by atoms with Gasteiger partial charge in [0.25, 0.3) is 0 Å². The molecule has 2 fully saturated rings. The second-order valence-corrected chi connectivity index (χ2v) is 4.97. The van der Waals surface area contributed by atoms with Crippen LogP contribution in [0, 0.1) is 0 Å². The fourth-order valence-corrected chi connectivity index (χ4v) is 2.73. The first-order chi connectivity index (χ1) is 7.81. The van der Waals surface area contributed by atoms with Crippen LogP contribution in [0.2, 0.25) is 5.15 Å². The molecule has 4 nitrogen and oxygen atoms in total. The van der Waals surface area contributed by atoms with Crippen LogP contribution in [0.25, 0.3) is 0 Å². The van der Waals surface area contributed by atoms with Crippen molar-refractivity contribution in [2.75, 3.05) is 18.0 Å². The van der Waals surface area contributed by atoms with Crippen LogP contribution in [0.15, 0.2) is 12.1 Å². The smallest absolute Gasteiger partial charge is 0.151 e. The van der Waals surface area contributed by atoms with E-state index in [9.17, 15) is 0 Å². The van der Waals surface area contributed by atoms with E-state index in [0.717, 1.165) is 18.9 Å². The van der Waals surface area contributed by atoms with Crippen molar-refractivity contribution in [1.82, 2.24) is 15.5 Å². The average molecular weight is 239 g/mol. The minimum atomic E-state index is 0.457. The summed E-state index contributed by atoms with van der Waals surface area (Å²) in [4.78, 5) is 2.31. The van der Waals surface area contributed by atoms with Gasteiger partial charge in [0.2, 0.25) is 0 Å². The Morgan fingerprint density at radius 1 is 1.19 bits per heavy atom. The van der Waals surface area contributed by atoms with Gasteiger partial charge in [-0.05, 0) is 31.4 Å². The number of anilines is 1. The topological polar surface area (TPSA) is 41.0 Å². The summed E-state index contributed by atoms with van der Waals surface area (Å²) in [5.41, 5.74) is 0. The van der Waals surface area contributed by atoms with Gasteiger partial charge in [-0.1, -0.05) is 11.6 Å². The van der Waals surface area contributed by atoms with E-state index >= 15 is 0 Å². The number of hydrogen-bond donors (Lipinski definition) is 1. The first-order valence-electron chi connectivity index (χ1n) is 5.81. The summed E-state index contributed by atoms with van der Waals surface area (Å²) in [6.07, 6.45) is 3.80. The molecule has 2 aliphatic rings. The minimum Gasteiger partial charge on any atom is -0.354 e. The monoisotopic (exact) mass is 238 g/mol. The zero-order valence-electron chi connectivity index (χ0n) is 9.06. The maximum absolute atomic E-state index is 5.74. The van der Waals surface area contributed by atoms with Crippen molar-refractivity contribution in [3.05, 3.63) is 17.3 Å². The second kappa shape index (κ2) is 4.18. The van der Waals surface area contributed by atoms with Crippen molar-refractivity contribution in [3.63, 3.8) is 0 Å². The summed E-state index contributed by atoms with van der Waals surface area (Å²) >= 11 is 5.74. The van der Waals surface area contributed by atoms with Crippen molar-refractivity contribution in [1.29, 1.82) is 0 Å². The van der Waals surface area contributed by atoms with Crippen LogP contribution in [0.4, 0.5) is 5.82 Å². The van der Waals surface area contributed by atoms with Gasteiger partial charge < -0.3 is 10.2 Å². The molecule has 5 heteroatoms. The zero-order valence-corrected chi connectivity index (χ0v) is 9.82. The van der Waals surface area contributed by atoms with Gasteiger partial charge >= 0.3 is 0 Å². The van der Waals surface area contributed by atoms with E-state index < -0.39 is 0 Å². The molecule has 1 aromatic rings. The summed E-state index contributed by atoms with van der Waals surface area (Å²) in [7, 11) is 0. The lowest BCUT2D eigenvalue weighted by molar-refractivity contribution is 0.563. The molecule has 0 spiro atoms. The summed E-state index contributed by atoms with van der Waals surface area (Å²) in [6.45, 7) is 2.09. The standard InChI is InChI=1S/C11H15ClN4/c12-10-3-4-11(15-14-10)16-6-5-8-1-2-9(7-16)13-8/h3-4,8-9,13H,1-2,5-7H2/t8-,9+/m0/s1. The van der Waals surface area contributed by atoms with Gasteiger partial charge in [0.1, 0.15) is 0 Å². The first kappa shape index (κ1) is 10.3. The minimum absolute atomic E-state index is 0.457. The molecular weight excluding hydrogens is 224 g/mol. The molecule has 16 heavy (non-hydrogen) atoms. The number of nitrogens with zero attached hydrogens (tertiary/aromatic N) is 3. The van der Waals surface area contributed by atoms with Gasteiger partial charge in [0, 0.05) is 25.2 Å². The number of hydrogen-bond acceptors (Lipinski definition) is 4. The highest BCUT2D eigenvalue weighted by atomic mass is 35.5. The summed E-state index contributed by atoms with van der Waals surface area (Å²) in [5.74, 6) is 0.943. The molecule has 2 saturated heterocycles. The Bertz CT molecular complexity index is 367. The van der Waals surface area contributed by atoms with Crippen LogP contribution in [0.1, 0.15) is 19.3 Å². The lowest BCUT2D eigenvalue weighted by Gasteiger charge is -2.24. The predicted octanol–water partition coefficient (Wildman–Crippen LogP) is 1.46. The zero-order chi connectivity index (χ0) is 11.0. The highest BCUT2D eigenvalue weighted by Gasteiger charge is 2.29. The highest BCUT2D eigenvalue weighted by molar-refractivity contribution is 6.29. The quantitative estimate of drug-likeness (QED) is 0.804. The van der Waals surface area contributed by atoms with Crippen LogP contribution in [0.3, 0.4) is 0 Å². The van der Waals surface area contributed by atoms with Crippen molar-refractivity contribution in [2.45, 2.75) is 31.3 Å². The average Bonchev–Trinajstić information content (AvgIpc) is 2.60. The van der Waals surface area contributed by atoms with Crippen LogP contribution in [-0.2, 0) is 0 Å². The second-order valence-electron chi connectivity index (χ2n) is 4.59. The van der Waals surface area contributed by atoms with Crippen molar-refractivity contribution < 1.29 is 0 Å². The molecule has 0 saturated carbocycles. The van der Waals surface area contributed by atoms with Crippen molar-refractivity contribution in [3.8, 4) is 0 Å². The molecule has 1 aromatic heterocycles. The Kier molecular flexibility index (Phi) is 2.69. The van der Waals surface area contributed by atoms with Crippen LogP contribution in [-0.4, -0.2) is 35.4 Å². The van der Waals surface area contributed by atoms with E-state index in [1.165, 1.54) is 19.3 Å². The predicted molar refractivity (Wildman–Crippen MR) is 63.8 cm³/mol. The summed E-state index contributed by atoms with van der Waals surface area (Å²) in [5, 5.41) is 12.1. The molecule has 3 heterocycles. The summed E-state index contributed by atoms with van der Waals surface area (Å²) in [6, 6.07) is 5.08. The van der Waals surface area contributed by atoms with E-state index in [1.807, 2.05) is 6.07 Å². The van der Waals surface area contributed by atoms with Gasteiger partial charge in [-0.15, -0.1) is 10.2 Å². The maximum Gasteiger partial charge on any atom is 0.151 e. The molecule has 2 atom stereocenters. The fraction of sp³-hybridized carbons (Fsp3) is 0.636. The lowest BCUT2D eigenvalue weighted by atomic mass is 10.1. The molecule has 0 radical (unpaired) electrons. The van der Waals surface area contributed by atoms with Crippen LogP contribution >= 0.6 is 11.6 Å². The summed E-state index contributed by atoms with van der Waals surface area (Å²) < 4.78 is 0. The first-order valence-corrected chi connectivity index (χ1v) is 6.19. The third-order valence-corrected chi connectivity index (χ3v) is 3.67. The molecule has 3 rings (SSSR count). The Morgan fingerprint density at radius 3 is 2.88 bits per heavy atom. The van der Waals surface area contributed by atoms with Crippen LogP contribution < -0.4 is 10.2 Å². The number of fused-ring (bicyclic) bond motifs is 2. The molecule has 0 aromatic carbocycles. The van der Waals surface area contributed by atoms with E-state index in [4.69, 9.17) is 11.6 Å². The van der Waals surface area contributed by atoms with Crippen LogP contribution in [0.5, 0.6) is 0 Å². The van der Waals surface area contributed by atoms with Gasteiger partial charge in [0.05, 0.1) is 0 Å². The fourth-order valence-electron chi connectivity index (χ4n) is 2.63. The van der Waals surface area contributed by atoms with Gasteiger partial charge in [-0.3, -0.25) is 0 Å². The van der Waals surface area contributed by atoms with Crippen molar-refractivity contribution in [2.24, 2.45) is 0 Å². The van der Waals surface area contributed by atoms with E-state index in [1.54, 1.807) is 6.07 Å². The molecule has 0 aliphatic carbocycles.